The Labute approximate surface area is 117 Å². The molecule has 1 heterocycles. The van der Waals surface area contributed by atoms with E-state index in [1.54, 1.807) is 11.3 Å². The summed E-state index contributed by atoms with van der Waals surface area (Å²) in [5.74, 6) is 0.940. The molecule has 3 nitrogen and oxygen atoms in total. The first kappa shape index (κ1) is 12.6. The molecule has 0 aliphatic heterocycles. The number of nitrogens with zero attached hydrogens (tertiary/aromatic N) is 1. The highest BCUT2D eigenvalue weighted by Gasteiger charge is 2.20. The number of hydrogen-bond acceptors (Lipinski definition) is 4. The Morgan fingerprint density at radius 3 is 3.00 bits per heavy atom. The second-order valence-electron chi connectivity index (χ2n) is 4.70. The van der Waals surface area contributed by atoms with Crippen LogP contribution >= 0.6 is 11.3 Å². The first-order valence-electron chi connectivity index (χ1n) is 6.77. The van der Waals surface area contributed by atoms with E-state index in [-0.39, 0.29) is 0 Å². The monoisotopic (exact) mass is 274 g/mol. The highest BCUT2D eigenvalue weighted by molar-refractivity contribution is 7.15. The molecule has 0 bridgehead atoms. The molecule has 0 spiro atoms. The third-order valence-corrected chi connectivity index (χ3v) is 4.16. The quantitative estimate of drug-likeness (QED) is 0.876. The summed E-state index contributed by atoms with van der Waals surface area (Å²) >= 11 is 1.74. The van der Waals surface area contributed by atoms with Crippen LogP contribution in [-0.2, 0) is 6.54 Å². The lowest BCUT2D eigenvalue weighted by atomic mass is 10.2. The van der Waals surface area contributed by atoms with E-state index < -0.39 is 0 Å². The Balaban J connectivity index is 1.77. The second-order valence-corrected chi connectivity index (χ2v) is 5.82. The van der Waals surface area contributed by atoms with E-state index >= 15 is 0 Å². The minimum Gasteiger partial charge on any atom is -0.493 e. The van der Waals surface area contributed by atoms with Gasteiger partial charge >= 0.3 is 0 Å². The first-order valence-corrected chi connectivity index (χ1v) is 7.58. The summed E-state index contributed by atoms with van der Waals surface area (Å²) in [5.41, 5.74) is 1.14. The minimum absolute atomic E-state index is 0.686. The molecule has 100 valence electrons. The normalized spacial score (nSPS) is 14.6. The molecule has 2 aromatic rings. The maximum atomic E-state index is 5.67. The van der Waals surface area contributed by atoms with Gasteiger partial charge in [-0.25, -0.2) is 4.98 Å². The lowest BCUT2D eigenvalue weighted by Crippen LogP contribution is -2.14. The first-order chi connectivity index (χ1) is 9.36. The third-order valence-electron chi connectivity index (χ3n) is 3.13. The van der Waals surface area contributed by atoms with E-state index in [0.29, 0.717) is 6.61 Å². The number of thiazole rings is 1. The van der Waals surface area contributed by atoms with Gasteiger partial charge in [0.1, 0.15) is 10.8 Å². The van der Waals surface area contributed by atoms with Gasteiger partial charge in [0.2, 0.25) is 0 Å². The molecular weight excluding hydrogens is 256 g/mol. The van der Waals surface area contributed by atoms with Crippen LogP contribution in [0.1, 0.15) is 24.8 Å². The molecule has 1 aromatic heterocycles. The molecule has 3 rings (SSSR count). The number of ether oxygens (including phenoxy) is 1. The maximum Gasteiger partial charge on any atom is 0.127 e. The van der Waals surface area contributed by atoms with Crippen LogP contribution in [0.2, 0.25) is 0 Å². The number of nitrogens with one attached hydrogen (secondary N) is 1. The summed E-state index contributed by atoms with van der Waals surface area (Å²) in [4.78, 5) is 5.67. The maximum absolute atomic E-state index is 5.67. The number of hydrogen-bond donors (Lipinski definition) is 1. The van der Waals surface area contributed by atoms with Gasteiger partial charge in [-0.15, -0.1) is 11.3 Å². The topological polar surface area (TPSA) is 34.1 Å². The Bertz CT molecular complexity index is 549. The zero-order chi connectivity index (χ0) is 13.1. The fourth-order valence-electron chi connectivity index (χ4n) is 1.99. The predicted molar refractivity (Wildman–Crippen MR) is 78.6 cm³/mol. The van der Waals surface area contributed by atoms with E-state index in [1.807, 2.05) is 31.3 Å². The fraction of sp³-hybridized carbons (Fsp3) is 0.400. The van der Waals surface area contributed by atoms with E-state index in [4.69, 9.17) is 4.74 Å². The molecule has 0 unspecified atom stereocenters. The molecule has 1 N–H and O–H groups in total. The molecular formula is C15H18N2OS. The summed E-state index contributed by atoms with van der Waals surface area (Å²) in [6.45, 7) is 3.58. The van der Waals surface area contributed by atoms with Crippen molar-refractivity contribution in [1.82, 2.24) is 10.3 Å². The van der Waals surface area contributed by atoms with Crippen LogP contribution < -0.4 is 10.1 Å². The van der Waals surface area contributed by atoms with Crippen molar-refractivity contribution in [3.8, 4) is 16.2 Å². The van der Waals surface area contributed by atoms with Gasteiger partial charge < -0.3 is 10.1 Å². The van der Waals surface area contributed by atoms with Crippen molar-refractivity contribution in [2.75, 3.05) is 6.61 Å². The molecule has 0 saturated heterocycles. The Hall–Kier alpha value is -1.39. The zero-order valence-electron chi connectivity index (χ0n) is 11.1. The largest absolute Gasteiger partial charge is 0.493 e. The number of aromatic nitrogens is 1. The average molecular weight is 274 g/mol. The van der Waals surface area contributed by atoms with E-state index in [1.165, 1.54) is 17.7 Å². The second kappa shape index (κ2) is 5.72. The van der Waals surface area contributed by atoms with Crippen molar-refractivity contribution < 1.29 is 4.74 Å². The lowest BCUT2D eigenvalue weighted by Gasteiger charge is -2.07. The molecule has 4 heteroatoms. The molecule has 19 heavy (non-hydrogen) atoms. The number of benzene rings is 1. The molecule has 1 saturated carbocycles. The van der Waals surface area contributed by atoms with Gasteiger partial charge in [-0.2, -0.15) is 0 Å². The van der Waals surface area contributed by atoms with Crippen LogP contribution in [0.15, 0.2) is 30.5 Å². The van der Waals surface area contributed by atoms with Crippen LogP contribution in [0.25, 0.3) is 10.4 Å². The van der Waals surface area contributed by atoms with Crippen LogP contribution in [0.5, 0.6) is 5.75 Å². The van der Waals surface area contributed by atoms with Crippen molar-refractivity contribution >= 4 is 11.3 Å². The zero-order valence-corrected chi connectivity index (χ0v) is 11.9. The SMILES string of the molecule is CCOc1ccccc1-c1cnc(CNC2CC2)s1. The number of para-hydroxylation sites is 1. The Morgan fingerprint density at radius 2 is 2.21 bits per heavy atom. The van der Waals surface area contributed by atoms with Gasteiger partial charge in [0, 0.05) is 24.3 Å². The van der Waals surface area contributed by atoms with Gasteiger partial charge in [0.05, 0.1) is 11.5 Å². The van der Waals surface area contributed by atoms with Crippen molar-refractivity contribution in [3.63, 3.8) is 0 Å². The van der Waals surface area contributed by atoms with E-state index in [0.717, 1.165) is 28.9 Å². The summed E-state index contributed by atoms with van der Waals surface area (Å²) < 4.78 is 5.67. The van der Waals surface area contributed by atoms with E-state index in [2.05, 4.69) is 16.4 Å². The van der Waals surface area contributed by atoms with Crippen LogP contribution in [0.3, 0.4) is 0 Å². The van der Waals surface area contributed by atoms with E-state index in [9.17, 15) is 0 Å². The molecule has 1 aliphatic rings. The van der Waals surface area contributed by atoms with Gasteiger partial charge in [-0.1, -0.05) is 12.1 Å². The number of rotatable bonds is 6. The van der Waals surface area contributed by atoms with Crippen molar-refractivity contribution in [1.29, 1.82) is 0 Å². The summed E-state index contributed by atoms with van der Waals surface area (Å²) in [5, 5.41) is 4.64. The van der Waals surface area contributed by atoms with Crippen molar-refractivity contribution in [2.24, 2.45) is 0 Å². The standard InChI is InChI=1S/C15H18N2OS/c1-2-18-13-6-4-3-5-12(13)14-9-17-15(19-14)10-16-11-7-8-11/h3-6,9,11,16H,2,7-8,10H2,1H3. The summed E-state index contributed by atoms with van der Waals surface area (Å²) in [6, 6.07) is 8.88. The Kier molecular flexibility index (Phi) is 3.80. The molecule has 0 amide bonds. The average Bonchev–Trinajstić information content (AvgIpc) is 3.15. The summed E-state index contributed by atoms with van der Waals surface area (Å²) in [6.07, 6.45) is 4.57. The molecule has 1 aliphatic carbocycles. The smallest absolute Gasteiger partial charge is 0.127 e. The molecule has 0 atom stereocenters. The molecule has 1 fully saturated rings. The van der Waals surface area contributed by atoms with Gasteiger partial charge in [0.15, 0.2) is 0 Å². The molecule has 0 radical (unpaired) electrons. The fourth-order valence-corrected chi connectivity index (χ4v) is 2.89. The highest BCUT2D eigenvalue weighted by atomic mass is 32.1. The van der Waals surface area contributed by atoms with Crippen molar-refractivity contribution in [3.05, 3.63) is 35.5 Å². The lowest BCUT2D eigenvalue weighted by molar-refractivity contribution is 0.341. The van der Waals surface area contributed by atoms with Gasteiger partial charge in [-0.05, 0) is 31.9 Å². The minimum atomic E-state index is 0.686. The van der Waals surface area contributed by atoms with Crippen molar-refractivity contribution in [2.45, 2.75) is 32.4 Å². The third kappa shape index (κ3) is 3.14. The predicted octanol–water partition coefficient (Wildman–Crippen LogP) is 3.46. The van der Waals surface area contributed by atoms with Gasteiger partial charge in [-0.3, -0.25) is 0 Å². The highest BCUT2D eigenvalue weighted by Crippen LogP contribution is 2.33. The van der Waals surface area contributed by atoms with Crippen LogP contribution in [0.4, 0.5) is 0 Å². The van der Waals surface area contributed by atoms with Crippen LogP contribution in [-0.4, -0.2) is 17.6 Å². The molecule has 1 aromatic carbocycles. The summed E-state index contributed by atoms with van der Waals surface area (Å²) in [7, 11) is 0. The Morgan fingerprint density at radius 1 is 1.37 bits per heavy atom. The van der Waals surface area contributed by atoms with Gasteiger partial charge in [0.25, 0.3) is 0 Å². The van der Waals surface area contributed by atoms with Crippen LogP contribution in [0, 0.1) is 0 Å².